The molecule has 0 spiro atoms. The predicted molar refractivity (Wildman–Crippen MR) is 128 cm³/mol. The first kappa shape index (κ1) is 22.0. The number of aromatic nitrogens is 2. The number of nitrogens with one attached hydrogen (secondary N) is 2. The van der Waals surface area contributed by atoms with E-state index in [1.807, 2.05) is 6.07 Å². The lowest BCUT2D eigenvalue weighted by molar-refractivity contribution is 0.418. The number of anilines is 1. The lowest BCUT2D eigenvalue weighted by Crippen LogP contribution is -2.34. The molecule has 0 fully saturated rings. The summed E-state index contributed by atoms with van der Waals surface area (Å²) in [5.41, 5.74) is 4.82. The van der Waals surface area contributed by atoms with Crippen LogP contribution in [-0.2, 0) is 0 Å². The molecule has 2 unspecified atom stereocenters. The monoisotopic (exact) mass is 434 g/mol. The van der Waals surface area contributed by atoms with Gasteiger partial charge >= 0.3 is 0 Å². The van der Waals surface area contributed by atoms with E-state index in [4.69, 9.17) is 4.98 Å². The Morgan fingerprint density at radius 3 is 2.59 bits per heavy atom. The van der Waals surface area contributed by atoms with Crippen LogP contribution >= 0.6 is 0 Å². The van der Waals surface area contributed by atoms with E-state index in [0.717, 1.165) is 29.2 Å². The van der Waals surface area contributed by atoms with Gasteiger partial charge in [0, 0.05) is 30.5 Å². The summed E-state index contributed by atoms with van der Waals surface area (Å²) in [6.45, 7) is 7.32. The Morgan fingerprint density at radius 2 is 1.91 bits per heavy atom. The zero-order chi connectivity index (χ0) is 22.8. The molecule has 168 valence electrons. The van der Waals surface area contributed by atoms with Gasteiger partial charge in [0.1, 0.15) is 12.0 Å². The van der Waals surface area contributed by atoms with Crippen molar-refractivity contribution in [2.45, 2.75) is 33.0 Å². The first-order chi connectivity index (χ1) is 15.3. The molecule has 6 nitrogen and oxygen atoms in total. The average molecular weight is 435 g/mol. The molecule has 2 aliphatic rings. The largest absolute Gasteiger partial charge is 0.359 e. The number of benzene rings is 1. The Morgan fingerprint density at radius 1 is 1.16 bits per heavy atom. The minimum Gasteiger partial charge on any atom is -0.359 e. The third-order valence-corrected chi connectivity index (χ3v) is 5.79. The predicted octanol–water partition coefficient (Wildman–Crippen LogP) is 4.14. The molecular formula is C25H31FN6. The Hall–Kier alpha value is -3.19. The van der Waals surface area contributed by atoms with Crippen molar-refractivity contribution in [3.63, 3.8) is 0 Å². The maximum absolute atomic E-state index is 13.6. The van der Waals surface area contributed by atoms with Gasteiger partial charge in [-0.3, -0.25) is 0 Å². The number of hydrogen-bond donors (Lipinski definition) is 2. The highest BCUT2D eigenvalue weighted by Crippen LogP contribution is 2.36. The highest BCUT2D eigenvalue weighted by Gasteiger charge is 2.33. The standard InChI is InChI=1S/C25H31FN6/c1-16(2)17(3)28-25-27-12-10-21(29-25)24-23(19-6-8-20(26)9-7-19)30-22-14-18(15-31(4)5)11-13-32(22)24/h6-14,16-17,22,30H,15H2,1-5H3,(H,27,28,29). The fourth-order valence-electron chi connectivity index (χ4n) is 3.78. The zero-order valence-corrected chi connectivity index (χ0v) is 19.3. The van der Waals surface area contributed by atoms with Crippen LogP contribution in [0.1, 0.15) is 32.0 Å². The summed E-state index contributed by atoms with van der Waals surface area (Å²) in [7, 11) is 4.12. The molecule has 4 rings (SSSR count). The Kier molecular flexibility index (Phi) is 6.28. The first-order valence-electron chi connectivity index (χ1n) is 11.0. The average Bonchev–Trinajstić information content (AvgIpc) is 3.12. The molecular weight excluding hydrogens is 403 g/mol. The van der Waals surface area contributed by atoms with Crippen molar-refractivity contribution in [3.8, 4) is 0 Å². The van der Waals surface area contributed by atoms with Gasteiger partial charge in [-0.2, -0.15) is 0 Å². The van der Waals surface area contributed by atoms with Gasteiger partial charge < -0.3 is 20.4 Å². The van der Waals surface area contributed by atoms with Gasteiger partial charge in [-0.15, -0.1) is 0 Å². The van der Waals surface area contributed by atoms with E-state index in [9.17, 15) is 4.39 Å². The third kappa shape index (κ3) is 4.67. The van der Waals surface area contributed by atoms with Crippen molar-refractivity contribution in [2.75, 3.05) is 26.0 Å². The molecule has 0 radical (unpaired) electrons. The van der Waals surface area contributed by atoms with E-state index in [2.05, 4.69) is 78.6 Å². The smallest absolute Gasteiger partial charge is 0.223 e. The fourth-order valence-corrected chi connectivity index (χ4v) is 3.78. The van der Waals surface area contributed by atoms with Gasteiger partial charge in [0.25, 0.3) is 0 Å². The summed E-state index contributed by atoms with van der Waals surface area (Å²) in [4.78, 5) is 13.6. The molecule has 2 aromatic rings. The van der Waals surface area contributed by atoms with Crippen molar-refractivity contribution in [3.05, 3.63) is 77.5 Å². The van der Waals surface area contributed by atoms with Gasteiger partial charge in [0.2, 0.25) is 5.95 Å². The topological polar surface area (TPSA) is 56.3 Å². The summed E-state index contributed by atoms with van der Waals surface area (Å²) < 4.78 is 13.6. The number of likely N-dealkylation sites (N-methyl/N-ethyl adjacent to an activating group) is 1. The molecule has 0 saturated carbocycles. The van der Waals surface area contributed by atoms with Crippen molar-refractivity contribution >= 4 is 17.3 Å². The van der Waals surface area contributed by atoms with Gasteiger partial charge in [0.05, 0.1) is 17.1 Å². The lowest BCUT2D eigenvalue weighted by atomic mass is 10.1. The molecule has 2 aliphatic heterocycles. The molecule has 0 saturated heterocycles. The van der Waals surface area contributed by atoms with Crippen LogP contribution in [0, 0.1) is 11.7 Å². The normalized spacial score (nSPS) is 18.7. The van der Waals surface area contributed by atoms with Crippen LogP contribution in [0.25, 0.3) is 11.4 Å². The number of nitrogens with zero attached hydrogens (tertiary/aromatic N) is 4. The number of fused-ring (bicyclic) bond motifs is 1. The Bertz CT molecular complexity index is 1050. The van der Waals surface area contributed by atoms with E-state index in [1.54, 1.807) is 18.3 Å². The lowest BCUT2D eigenvalue weighted by Gasteiger charge is -2.28. The van der Waals surface area contributed by atoms with E-state index < -0.39 is 0 Å². The number of halogens is 1. The summed E-state index contributed by atoms with van der Waals surface area (Å²) in [6.07, 6.45) is 8.19. The minimum absolute atomic E-state index is 0.0361. The van der Waals surface area contributed by atoms with E-state index in [1.165, 1.54) is 17.7 Å². The second kappa shape index (κ2) is 9.12. The zero-order valence-electron chi connectivity index (χ0n) is 19.3. The van der Waals surface area contributed by atoms with E-state index in [-0.39, 0.29) is 18.0 Å². The second-order valence-electron chi connectivity index (χ2n) is 8.96. The van der Waals surface area contributed by atoms with Crippen LogP contribution in [0.5, 0.6) is 0 Å². The van der Waals surface area contributed by atoms with Crippen LogP contribution in [0.15, 0.2) is 60.5 Å². The molecule has 2 atom stereocenters. The molecule has 7 heteroatoms. The first-order valence-corrected chi connectivity index (χ1v) is 11.0. The maximum Gasteiger partial charge on any atom is 0.223 e. The Balaban J connectivity index is 1.74. The molecule has 0 amide bonds. The highest BCUT2D eigenvalue weighted by molar-refractivity contribution is 5.91. The maximum atomic E-state index is 13.6. The summed E-state index contributed by atoms with van der Waals surface area (Å²) in [5.74, 6) is 0.804. The number of hydrogen-bond acceptors (Lipinski definition) is 6. The van der Waals surface area contributed by atoms with Crippen LogP contribution in [0.4, 0.5) is 10.3 Å². The van der Waals surface area contributed by atoms with Gasteiger partial charge in [-0.05, 0) is 75.0 Å². The van der Waals surface area contributed by atoms with E-state index in [0.29, 0.717) is 11.9 Å². The number of rotatable bonds is 7. The van der Waals surface area contributed by atoms with Crippen LogP contribution < -0.4 is 10.6 Å². The molecule has 2 N–H and O–H groups in total. The van der Waals surface area contributed by atoms with Crippen LogP contribution in [-0.4, -0.2) is 52.6 Å². The van der Waals surface area contributed by atoms with Crippen molar-refractivity contribution in [1.82, 2.24) is 25.1 Å². The molecule has 32 heavy (non-hydrogen) atoms. The van der Waals surface area contributed by atoms with Crippen LogP contribution in [0.3, 0.4) is 0 Å². The van der Waals surface area contributed by atoms with Crippen molar-refractivity contribution in [1.29, 1.82) is 0 Å². The summed E-state index contributed by atoms with van der Waals surface area (Å²) >= 11 is 0. The quantitative estimate of drug-likeness (QED) is 0.683. The van der Waals surface area contributed by atoms with Crippen molar-refractivity contribution < 1.29 is 4.39 Å². The van der Waals surface area contributed by atoms with Gasteiger partial charge in [-0.1, -0.05) is 13.8 Å². The molecule has 0 bridgehead atoms. The SMILES string of the molecule is CC(C)C(C)Nc1nccc(C2=C(c3ccc(F)cc3)NC3C=C(CN(C)C)C=CN23)n1. The fraction of sp³-hybridized carbons (Fsp3) is 0.360. The summed E-state index contributed by atoms with van der Waals surface area (Å²) in [5, 5.41) is 7.01. The molecule has 1 aromatic carbocycles. The molecule has 1 aromatic heterocycles. The van der Waals surface area contributed by atoms with Gasteiger partial charge in [0.15, 0.2) is 0 Å². The highest BCUT2D eigenvalue weighted by atomic mass is 19.1. The summed E-state index contributed by atoms with van der Waals surface area (Å²) in [6, 6.07) is 8.73. The van der Waals surface area contributed by atoms with Crippen LogP contribution in [0.2, 0.25) is 0 Å². The molecule has 0 aliphatic carbocycles. The second-order valence-corrected chi connectivity index (χ2v) is 8.96. The third-order valence-electron chi connectivity index (χ3n) is 5.79. The van der Waals surface area contributed by atoms with Gasteiger partial charge in [-0.25, -0.2) is 14.4 Å². The minimum atomic E-state index is -0.254. The van der Waals surface area contributed by atoms with E-state index >= 15 is 0 Å². The Labute approximate surface area is 189 Å². The van der Waals surface area contributed by atoms with Crippen molar-refractivity contribution in [2.24, 2.45) is 5.92 Å². The molecule has 3 heterocycles.